The van der Waals surface area contributed by atoms with E-state index in [1.807, 2.05) is 48.5 Å². The van der Waals surface area contributed by atoms with Crippen LogP contribution in [-0.2, 0) is 6.54 Å². The number of hydrogen-bond acceptors (Lipinski definition) is 3. The molecule has 22 heavy (non-hydrogen) atoms. The first kappa shape index (κ1) is 16.3. The minimum Gasteiger partial charge on any atom is -0.497 e. The lowest BCUT2D eigenvalue weighted by atomic mass is 10.2. The highest BCUT2D eigenvalue weighted by Gasteiger charge is 2.02. The Bertz CT molecular complexity index is 611. The molecular formula is C18H21NO2S. The van der Waals surface area contributed by atoms with Crippen LogP contribution in [0.4, 0.5) is 0 Å². The first-order valence-corrected chi connectivity index (χ1v) is 7.77. The molecule has 3 nitrogen and oxygen atoms in total. The Morgan fingerprint density at radius 2 is 1.86 bits per heavy atom. The van der Waals surface area contributed by atoms with Gasteiger partial charge in [0.05, 0.1) is 13.7 Å². The number of methoxy groups -OCH3 is 1. The lowest BCUT2D eigenvalue weighted by molar-refractivity contribution is 0.317. The summed E-state index contributed by atoms with van der Waals surface area (Å²) >= 11 is 5.43. The summed E-state index contributed by atoms with van der Waals surface area (Å²) in [6.07, 6.45) is 1.00. The monoisotopic (exact) mass is 315 g/mol. The second kappa shape index (κ2) is 8.39. The summed E-state index contributed by atoms with van der Waals surface area (Å²) < 4.78 is 10.8. The van der Waals surface area contributed by atoms with Crippen molar-refractivity contribution in [2.24, 2.45) is 0 Å². The van der Waals surface area contributed by atoms with E-state index >= 15 is 0 Å². The van der Waals surface area contributed by atoms with Crippen LogP contribution in [0, 0.1) is 0 Å². The minimum absolute atomic E-state index is 0.671. The van der Waals surface area contributed by atoms with Gasteiger partial charge in [0.25, 0.3) is 0 Å². The fraction of sp³-hybridized carbons (Fsp3) is 0.278. The Labute approximate surface area is 137 Å². The van der Waals surface area contributed by atoms with Crippen LogP contribution in [0.5, 0.6) is 11.5 Å². The van der Waals surface area contributed by atoms with Crippen molar-refractivity contribution >= 4 is 17.2 Å². The molecule has 0 heterocycles. The van der Waals surface area contributed by atoms with E-state index in [1.165, 1.54) is 0 Å². The number of rotatable bonds is 7. The molecule has 116 valence electrons. The van der Waals surface area contributed by atoms with Crippen LogP contribution in [0.3, 0.4) is 0 Å². The summed E-state index contributed by atoms with van der Waals surface area (Å²) in [5, 5.41) is 3.26. The topological polar surface area (TPSA) is 30.5 Å². The van der Waals surface area contributed by atoms with E-state index in [2.05, 4.69) is 12.2 Å². The number of hydrogen-bond donors (Lipinski definition) is 1. The number of ether oxygens (including phenoxy) is 2. The van der Waals surface area contributed by atoms with E-state index in [0.29, 0.717) is 6.54 Å². The van der Waals surface area contributed by atoms with Gasteiger partial charge in [0.15, 0.2) is 0 Å². The quantitative estimate of drug-likeness (QED) is 0.784. The molecule has 4 heteroatoms. The van der Waals surface area contributed by atoms with Crippen molar-refractivity contribution in [1.29, 1.82) is 0 Å². The molecule has 2 aromatic carbocycles. The largest absolute Gasteiger partial charge is 0.497 e. The summed E-state index contributed by atoms with van der Waals surface area (Å²) in [4.78, 5) is 0.727. The molecule has 0 bridgehead atoms. The lowest BCUT2D eigenvalue weighted by Crippen LogP contribution is -2.21. The molecule has 2 rings (SSSR count). The van der Waals surface area contributed by atoms with Gasteiger partial charge in [-0.25, -0.2) is 0 Å². The van der Waals surface area contributed by atoms with E-state index in [-0.39, 0.29) is 0 Å². The molecule has 0 aromatic heterocycles. The molecule has 2 aromatic rings. The molecular weight excluding hydrogens is 294 g/mol. The van der Waals surface area contributed by atoms with Crippen LogP contribution in [-0.4, -0.2) is 18.7 Å². The molecule has 0 spiro atoms. The Morgan fingerprint density at radius 3 is 2.55 bits per heavy atom. The number of nitrogens with one attached hydrogen (secondary N) is 1. The van der Waals surface area contributed by atoms with Crippen LogP contribution >= 0.6 is 12.2 Å². The van der Waals surface area contributed by atoms with Gasteiger partial charge in [-0.15, -0.1) is 0 Å². The fourth-order valence-electron chi connectivity index (χ4n) is 1.99. The highest BCUT2D eigenvalue weighted by Crippen LogP contribution is 2.14. The predicted molar refractivity (Wildman–Crippen MR) is 93.8 cm³/mol. The van der Waals surface area contributed by atoms with Crippen LogP contribution in [0.25, 0.3) is 0 Å². The van der Waals surface area contributed by atoms with E-state index in [9.17, 15) is 0 Å². The van der Waals surface area contributed by atoms with Crippen molar-refractivity contribution in [1.82, 2.24) is 5.32 Å². The standard InChI is InChI=1S/C18H21NO2S/c1-3-11-21-16-9-7-15(8-10-16)18(22)19-13-14-5-4-6-17(12-14)20-2/h4-10,12H,3,11,13H2,1-2H3,(H,19,22). The Morgan fingerprint density at radius 1 is 1.09 bits per heavy atom. The van der Waals surface area contributed by atoms with Crippen LogP contribution in [0.1, 0.15) is 24.5 Å². The van der Waals surface area contributed by atoms with E-state index < -0.39 is 0 Å². The SMILES string of the molecule is CCCOc1ccc(C(=S)NCc2cccc(OC)c2)cc1. The van der Waals surface area contributed by atoms with Crippen molar-refractivity contribution in [2.45, 2.75) is 19.9 Å². The van der Waals surface area contributed by atoms with Gasteiger partial charge in [-0.3, -0.25) is 0 Å². The van der Waals surface area contributed by atoms with E-state index in [4.69, 9.17) is 21.7 Å². The van der Waals surface area contributed by atoms with E-state index in [0.717, 1.165) is 40.6 Å². The highest BCUT2D eigenvalue weighted by molar-refractivity contribution is 7.80. The third-order valence-electron chi connectivity index (χ3n) is 3.18. The maximum atomic E-state index is 5.57. The van der Waals surface area contributed by atoms with Gasteiger partial charge < -0.3 is 14.8 Å². The van der Waals surface area contributed by atoms with Gasteiger partial charge in [0.1, 0.15) is 16.5 Å². The van der Waals surface area contributed by atoms with Crippen molar-refractivity contribution in [3.63, 3.8) is 0 Å². The molecule has 0 saturated heterocycles. The summed E-state index contributed by atoms with van der Waals surface area (Å²) in [6.45, 7) is 3.49. The highest BCUT2D eigenvalue weighted by atomic mass is 32.1. The molecule has 0 saturated carbocycles. The summed E-state index contributed by atoms with van der Waals surface area (Å²) in [7, 11) is 1.67. The molecule has 0 atom stereocenters. The van der Waals surface area contributed by atoms with Crippen molar-refractivity contribution in [2.75, 3.05) is 13.7 Å². The maximum absolute atomic E-state index is 5.57. The van der Waals surface area contributed by atoms with Gasteiger partial charge in [-0.2, -0.15) is 0 Å². The third-order valence-corrected chi connectivity index (χ3v) is 3.56. The zero-order valence-electron chi connectivity index (χ0n) is 13.0. The van der Waals surface area contributed by atoms with Crippen molar-refractivity contribution in [3.8, 4) is 11.5 Å². The zero-order valence-corrected chi connectivity index (χ0v) is 13.8. The third kappa shape index (κ3) is 4.74. The maximum Gasteiger partial charge on any atom is 0.119 e. The fourth-order valence-corrected chi connectivity index (χ4v) is 2.20. The summed E-state index contributed by atoms with van der Waals surface area (Å²) in [5.41, 5.74) is 2.12. The molecule has 0 radical (unpaired) electrons. The van der Waals surface area contributed by atoms with Gasteiger partial charge >= 0.3 is 0 Å². The predicted octanol–water partition coefficient (Wildman–Crippen LogP) is 3.95. The molecule has 0 aliphatic heterocycles. The van der Waals surface area contributed by atoms with Crippen LogP contribution in [0.15, 0.2) is 48.5 Å². The number of benzene rings is 2. The van der Waals surface area contributed by atoms with Crippen LogP contribution in [0.2, 0.25) is 0 Å². The number of thiocarbonyl (C=S) groups is 1. The van der Waals surface area contributed by atoms with Gasteiger partial charge in [0, 0.05) is 12.1 Å². The Kier molecular flexibility index (Phi) is 6.22. The summed E-state index contributed by atoms with van der Waals surface area (Å²) in [6, 6.07) is 15.8. The second-order valence-electron chi connectivity index (χ2n) is 4.91. The van der Waals surface area contributed by atoms with Gasteiger partial charge in [-0.1, -0.05) is 31.3 Å². The average Bonchev–Trinajstić information content (AvgIpc) is 2.58. The van der Waals surface area contributed by atoms with E-state index in [1.54, 1.807) is 7.11 Å². The molecule has 1 N–H and O–H groups in total. The minimum atomic E-state index is 0.671. The Balaban J connectivity index is 1.91. The van der Waals surface area contributed by atoms with Gasteiger partial charge in [0.2, 0.25) is 0 Å². The second-order valence-corrected chi connectivity index (χ2v) is 5.32. The average molecular weight is 315 g/mol. The molecule has 0 amide bonds. The lowest BCUT2D eigenvalue weighted by Gasteiger charge is -2.10. The molecule has 0 aliphatic rings. The normalized spacial score (nSPS) is 10.1. The van der Waals surface area contributed by atoms with Gasteiger partial charge in [-0.05, 0) is 48.4 Å². The Hall–Kier alpha value is -2.07. The first-order chi connectivity index (χ1) is 10.7. The van der Waals surface area contributed by atoms with Crippen molar-refractivity contribution < 1.29 is 9.47 Å². The first-order valence-electron chi connectivity index (χ1n) is 7.37. The smallest absolute Gasteiger partial charge is 0.119 e. The van der Waals surface area contributed by atoms with Crippen molar-refractivity contribution in [3.05, 3.63) is 59.7 Å². The zero-order chi connectivity index (χ0) is 15.8. The summed E-state index contributed by atoms with van der Waals surface area (Å²) in [5.74, 6) is 1.73. The van der Waals surface area contributed by atoms with Crippen LogP contribution < -0.4 is 14.8 Å². The molecule has 0 aliphatic carbocycles. The molecule has 0 unspecified atom stereocenters. The molecule has 0 fully saturated rings.